The zero-order valence-electron chi connectivity index (χ0n) is 11.7. The third kappa shape index (κ3) is 4.18. The van der Waals surface area contributed by atoms with Crippen LogP contribution in [-0.2, 0) is 11.3 Å². The summed E-state index contributed by atoms with van der Waals surface area (Å²) in [5.74, 6) is -1.44. The summed E-state index contributed by atoms with van der Waals surface area (Å²) >= 11 is 0. The Morgan fingerprint density at radius 3 is 2.62 bits per heavy atom. The molecule has 0 amide bonds. The first-order valence-corrected chi connectivity index (χ1v) is 6.52. The molecule has 0 heterocycles. The number of benzene rings is 2. The molecule has 0 aromatic heterocycles. The van der Waals surface area contributed by atoms with Gasteiger partial charge in [0.25, 0.3) is 0 Å². The van der Waals surface area contributed by atoms with Crippen molar-refractivity contribution >= 4 is 17.7 Å². The van der Waals surface area contributed by atoms with Gasteiger partial charge in [-0.25, -0.2) is 9.18 Å². The second kappa shape index (κ2) is 6.70. The Labute approximate surface area is 123 Å². The minimum absolute atomic E-state index is 0.383. The number of aliphatic carboxylic acids is 1. The lowest BCUT2D eigenvalue weighted by molar-refractivity contribution is -0.131. The molecule has 0 atom stereocenters. The van der Waals surface area contributed by atoms with Crippen LogP contribution in [0.25, 0.3) is 6.08 Å². The standard InChI is InChI=1S/C17H16FNO2/c1-19(16-5-3-2-4-6-16)12-14-7-9-15(18)11-13(14)8-10-17(20)21/h2-11H,12H2,1H3,(H,20,21). The maximum Gasteiger partial charge on any atom is 0.328 e. The maximum atomic E-state index is 13.3. The van der Waals surface area contributed by atoms with E-state index in [0.29, 0.717) is 12.1 Å². The third-order valence-corrected chi connectivity index (χ3v) is 3.12. The monoisotopic (exact) mass is 285 g/mol. The Balaban J connectivity index is 2.25. The molecule has 3 nitrogen and oxygen atoms in total. The van der Waals surface area contributed by atoms with Crippen molar-refractivity contribution in [3.8, 4) is 0 Å². The van der Waals surface area contributed by atoms with E-state index in [1.165, 1.54) is 18.2 Å². The van der Waals surface area contributed by atoms with Crippen molar-refractivity contribution in [2.45, 2.75) is 6.54 Å². The molecular formula is C17H16FNO2. The topological polar surface area (TPSA) is 40.5 Å². The zero-order valence-corrected chi connectivity index (χ0v) is 11.7. The first kappa shape index (κ1) is 14.8. The molecule has 2 aromatic carbocycles. The van der Waals surface area contributed by atoms with Crippen molar-refractivity contribution < 1.29 is 14.3 Å². The molecule has 0 saturated carbocycles. The summed E-state index contributed by atoms with van der Waals surface area (Å²) in [7, 11) is 1.93. The van der Waals surface area contributed by atoms with Gasteiger partial charge in [-0.05, 0) is 41.5 Å². The summed E-state index contributed by atoms with van der Waals surface area (Å²) in [6, 6.07) is 14.2. The van der Waals surface area contributed by atoms with Crippen molar-refractivity contribution in [1.29, 1.82) is 0 Å². The molecule has 2 rings (SSSR count). The molecule has 0 saturated heterocycles. The smallest absolute Gasteiger partial charge is 0.328 e. The molecule has 0 spiro atoms. The summed E-state index contributed by atoms with van der Waals surface area (Å²) in [4.78, 5) is 12.6. The summed E-state index contributed by atoms with van der Waals surface area (Å²) in [6.45, 7) is 0.559. The molecule has 1 N–H and O–H groups in total. The molecule has 0 radical (unpaired) electrons. The lowest BCUT2D eigenvalue weighted by Crippen LogP contribution is -2.17. The van der Waals surface area contributed by atoms with Crippen LogP contribution in [0.2, 0.25) is 0 Å². The number of hydrogen-bond acceptors (Lipinski definition) is 2. The van der Waals surface area contributed by atoms with Crippen LogP contribution in [-0.4, -0.2) is 18.1 Å². The van der Waals surface area contributed by atoms with Crippen LogP contribution in [0, 0.1) is 5.82 Å². The number of carboxylic acids is 1. The van der Waals surface area contributed by atoms with Gasteiger partial charge in [-0.3, -0.25) is 0 Å². The highest BCUT2D eigenvalue weighted by atomic mass is 19.1. The fourth-order valence-electron chi connectivity index (χ4n) is 2.06. The lowest BCUT2D eigenvalue weighted by atomic mass is 10.1. The van der Waals surface area contributed by atoms with Crippen LogP contribution < -0.4 is 4.90 Å². The van der Waals surface area contributed by atoms with Gasteiger partial charge >= 0.3 is 5.97 Å². The molecule has 0 unspecified atom stereocenters. The lowest BCUT2D eigenvalue weighted by Gasteiger charge is -2.20. The van der Waals surface area contributed by atoms with E-state index in [2.05, 4.69) is 0 Å². The number of carbonyl (C=O) groups is 1. The Morgan fingerprint density at radius 2 is 1.95 bits per heavy atom. The van der Waals surface area contributed by atoms with E-state index >= 15 is 0 Å². The van der Waals surface area contributed by atoms with Crippen LogP contribution in [0.5, 0.6) is 0 Å². The average Bonchev–Trinajstić information content (AvgIpc) is 2.48. The molecule has 0 bridgehead atoms. The van der Waals surface area contributed by atoms with Gasteiger partial charge in [0.05, 0.1) is 0 Å². The molecule has 0 aliphatic carbocycles. The number of hydrogen-bond donors (Lipinski definition) is 1. The van der Waals surface area contributed by atoms with Crippen molar-refractivity contribution in [1.82, 2.24) is 0 Å². The summed E-state index contributed by atoms with van der Waals surface area (Å²) < 4.78 is 13.3. The summed E-state index contributed by atoms with van der Waals surface area (Å²) in [6.07, 6.45) is 2.43. The number of anilines is 1. The number of para-hydroxylation sites is 1. The minimum Gasteiger partial charge on any atom is -0.478 e. The van der Waals surface area contributed by atoms with Crippen molar-refractivity contribution in [2.24, 2.45) is 0 Å². The second-order valence-corrected chi connectivity index (χ2v) is 4.71. The molecule has 108 valence electrons. The second-order valence-electron chi connectivity index (χ2n) is 4.71. The van der Waals surface area contributed by atoms with E-state index in [-0.39, 0.29) is 5.82 Å². The molecule has 0 aliphatic rings. The van der Waals surface area contributed by atoms with Crippen LogP contribution in [0.15, 0.2) is 54.6 Å². The fourth-order valence-corrected chi connectivity index (χ4v) is 2.06. The van der Waals surface area contributed by atoms with Gasteiger partial charge in [0, 0.05) is 25.4 Å². The highest BCUT2D eigenvalue weighted by Crippen LogP contribution is 2.19. The van der Waals surface area contributed by atoms with Crippen molar-refractivity contribution in [2.75, 3.05) is 11.9 Å². The molecule has 2 aromatic rings. The van der Waals surface area contributed by atoms with Gasteiger partial charge in [-0.15, -0.1) is 0 Å². The normalized spacial score (nSPS) is 10.8. The van der Waals surface area contributed by atoms with E-state index in [0.717, 1.165) is 17.3 Å². The Morgan fingerprint density at radius 1 is 1.24 bits per heavy atom. The van der Waals surface area contributed by atoms with E-state index in [4.69, 9.17) is 5.11 Å². The van der Waals surface area contributed by atoms with Crippen LogP contribution in [0.1, 0.15) is 11.1 Å². The maximum absolute atomic E-state index is 13.3. The predicted octanol–water partition coefficient (Wildman–Crippen LogP) is 3.56. The molecule has 21 heavy (non-hydrogen) atoms. The van der Waals surface area contributed by atoms with Crippen molar-refractivity contribution in [3.63, 3.8) is 0 Å². The fraction of sp³-hybridized carbons (Fsp3) is 0.118. The third-order valence-electron chi connectivity index (χ3n) is 3.12. The average molecular weight is 285 g/mol. The largest absolute Gasteiger partial charge is 0.478 e. The zero-order chi connectivity index (χ0) is 15.2. The van der Waals surface area contributed by atoms with Crippen LogP contribution >= 0.6 is 0 Å². The Bertz CT molecular complexity index is 653. The van der Waals surface area contributed by atoms with E-state index in [9.17, 15) is 9.18 Å². The minimum atomic E-state index is -1.05. The van der Waals surface area contributed by atoms with Gasteiger partial charge < -0.3 is 10.0 Å². The summed E-state index contributed by atoms with van der Waals surface area (Å²) in [5, 5.41) is 8.70. The van der Waals surface area contributed by atoms with Gasteiger partial charge in [-0.1, -0.05) is 24.3 Å². The Kier molecular flexibility index (Phi) is 4.72. The van der Waals surface area contributed by atoms with Gasteiger partial charge in [0.15, 0.2) is 0 Å². The quantitative estimate of drug-likeness (QED) is 0.854. The highest BCUT2D eigenvalue weighted by molar-refractivity contribution is 5.85. The summed E-state index contributed by atoms with van der Waals surface area (Å²) in [5.41, 5.74) is 2.47. The molecular weight excluding hydrogens is 269 g/mol. The van der Waals surface area contributed by atoms with E-state index < -0.39 is 5.97 Å². The first-order valence-electron chi connectivity index (χ1n) is 6.52. The molecule has 4 heteroatoms. The van der Waals surface area contributed by atoms with Crippen molar-refractivity contribution in [3.05, 3.63) is 71.6 Å². The van der Waals surface area contributed by atoms with Crippen LogP contribution in [0.4, 0.5) is 10.1 Å². The van der Waals surface area contributed by atoms with Gasteiger partial charge in [-0.2, -0.15) is 0 Å². The van der Waals surface area contributed by atoms with E-state index in [1.807, 2.05) is 42.3 Å². The number of rotatable bonds is 5. The van der Waals surface area contributed by atoms with Crippen LogP contribution in [0.3, 0.4) is 0 Å². The number of carboxylic acid groups (broad SMARTS) is 1. The van der Waals surface area contributed by atoms with E-state index in [1.54, 1.807) is 6.07 Å². The Hall–Kier alpha value is -2.62. The first-order chi connectivity index (χ1) is 10.1. The predicted molar refractivity (Wildman–Crippen MR) is 81.6 cm³/mol. The highest BCUT2D eigenvalue weighted by Gasteiger charge is 2.06. The number of halogens is 1. The molecule has 0 fully saturated rings. The van der Waals surface area contributed by atoms with Gasteiger partial charge in [0.2, 0.25) is 0 Å². The van der Waals surface area contributed by atoms with Gasteiger partial charge in [0.1, 0.15) is 5.82 Å². The number of nitrogens with zero attached hydrogens (tertiary/aromatic N) is 1. The molecule has 0 aliphatic heterocycles. The SMILES string of the molecule is CN(Cc1ccc(F)cc1C=CC(=O)O)c1ccccc1.